The Morgan fingerprint density at radius 3 is 1.80 bits per heavy atom. The number of rotatable bonds is 8. The van der Waals surface area contributed by atoms with Crippen LogP contribution < -0.4 is 14.2 Å². The summed E-state index contributed by atoms with van der Waals surface area (Å²) in [6.07, 6.45) is 0. The normalized spacial score (nSPS) is 10.1. The Bertz CT molecular complexity index is 801. The molecule has 3 aromatic carbocycles. The highest BCUT2D eigenvalue weighted by Crippen LogP contribution is 2.32. The molecule has 0 unspecified atom stereocenters. The van der Waals surface area contributed by atoms with Crippen LogP contribution >= 0.6 is 0 Å². The van der Waals surface area contributed by atoms with Gasteiger partial charge < -0.3 is 14.2 Å². The minimum Gasteiger partial charge on any atom is -0.485 e. The summed E-state index contributed by atoms with van der Waals surface area (Å²) in [6.45, 7) is 1.21. The molecule has 4 nitrogen and oxygen atoms in total. The van der Waals surface area contributed by atoms with Crippen molar-refractivity contribution in [2.45, 2.75) is 13.2 Å². The highest BCUT2D eigenvalue weighted by atomic mass is 16.5. The second-order valence-electron chi connectivity index (χ2n) is 5.37. The first-order chi connectivity index (χ1) is 12.3. The molecule has 0 spiro atoms. The van der Waals surface area contributed by atoms with E-state index in [9.17, 15) is 4.79 Å². The van der Waals surface area contributed by atoms with Crippen LogP contribution in [-0.4, -0.2) is 6.47 Å². The van der Waals surface area contributed by atoms with Gasteiger partial charge in [-0.15, -0.1) is 0 Å². The van der Waals surface area contributed by atoms with Gasteiger partial charge >= 0.3 is 0 Å². The molecule has 0 atom stereocenters. The second kappa shape index (κ2) is 8.55. The van der Waals surface area contributed by atoms with Gasteiger partial charge in [0.25, 0.3) is 6.47 Å². The van der Waals surface area contributed by atoms with Crippen molar-refractivity contribution < 1.29 is 19.0 Å². The molecule has 0 aliphatic heterocycles. The first-order valence-electron chi connectivity index (χ1n) is 7.93. The van der Waals surface area contributed by atoms with Crippen molar-refractivity contribution in [1.29, 1.82) is 0 Å². The Labute approximate surface area is 146 Å². The average molecular weight is 334 g/mol. The predicted octanol–water partition coefficient (Wildman–Crippen LogP) is 4.38. The summed E-state index contributed by atoms with van der Waals surface area (Å²) in [5.41, 5.74) is 2.10. The topological polar surface area (TPSA) is 44.8 Å². The van der Waals surface area contributed by atoms with E-state index < -0.39 is 0 Å². The molecular weight excluding hydrogens is 316 g/mol. The Morgan fingerprint density at radius 2 is 1.24 bits per heavy atom. The fourth-order valence-electron chi connectivity index (χ4n) is 2.32. The Hall–Kier alpha value is -3.27. The maximum absolute atomic E-state index is 10.6. The van der Waals surface area contributed by atoms with Gasteiger partial charge in [-0.3, -0.25) is 4.79 Å². The van der Waals surface area contributed by atoms with E-state index in [0.29, 0.717) is 36.9 Å². The molecule has 0 aliphatic rings. The summed E-state index contributed by atoms with van der Waals surface area (Å²) in [5, 5.41) is 0. The number of benzene rings is 3. The first-order valence-corrected chi connectivity index (χ1v) is 7.93. The van der Waals surface area contributed by atoms with Gasteiger partial charge in [-0.05, 0) is 23.3 Å². The molecule has 0 aliphatic carbocycles. The van der Waals surface area contributed by atoms with Gasteiger partial charge in [-0.2, -0.15) is 0 Å². The fourth-order valence-corrected chi connectivity index (χ4v) is 2.32. The monoisotopic (exact) mass is 334 g/mol. The average Bonchev–Trinajstić information content (AvgIpc) is 2.67. The predicted molar refractivity (Wildman–Crippen MR) is 94.7 cm³/mol. The molecule has 3 aromatic rings. The fraction of sp³-hybridized carbons (Fsp3) is 0.0952. The molecule has 0 amide bonds. The quantitative estimate of drug-likeness (QED) is 0.574. The summed E-state index contributed by atoms with van der Waals surface area (Å²) in [4.78, 5) is 10.6. The number of hydrogen-bond donors (Lipinski definition) is 0. The van der Waals surface area contributed by atoms with Crippen LogP contribution in [-0.2, 0) is 18.0 Å². The van der Waals surface area contributed by atoms with Crippen LogP contribution in [0.2, 0.25) is 0 Å². The lowest BCUT2D eigenvalue weighted by Crippen LogP contribution is -2.01. The van der Waals surface area contributed by atoms with Crippen LogP contribution in [0, 0.1) is 0 Å². The van der Waals surface area contributed by atoms with E-state index in [2.05, 4.69) is 0 Å². The lowest BCUT2D eigenvalue weighted by Gasteiger charge is -2.14. The molecule has 25 heavy (non-hydrogen) atoms. The van der Waals surface area contributed by atoms with Crippen LogP contribution in [0.15, 0.2) is 78.9 Å². The zero-order chi connectivity index (χ0) is 17.3. The lowest BCUT2D eigenvalue weighted by atomic mass is 10.2. The van der Waals surface area contributed by atoms with Gasteiger partial charge in [0, 0.05) is 6.07 Å². The summed E-state index contributed by atoms with van der Waals surface area (Å²) in [5.74, 6) is 1.53. The van der Waals surface area contributed by atoms with Crippen LogP contribution in [0.1, 0.15) is 11.1 Å². The minimum absolute atomic E-state index is 0.390. The van der Waals surface area contributed by atoms with E-state index in [1.807, 2.05) is 60.7 Å². The van der Waals surface area contributed by atoms with Crippen LogP contribution in [0.5, 0.6) is 17.2 Å². The lowest BCUT2D eigenvalue weighted by molar-refractivity contribution is -0.120. The molecule has 0 bridgehead atoms. The number of carbonyl (C=O) groups excluding carboxylic acids is 1. The molecule has 3 rings (SSSR count). The Kier molecular flexibility index (Phi) is 5.67. The first kappa shape index (κ1) is 16.6. The van der Waals surface area contributed by atoms with Gasteiger partial charge in [0.15, 0.2) is 11.5 Å². The van der Waals surface area contributed by atoms with Crippen LogP contribution in [0.4, 0.5) is 0 Å². The molecule has 0 N–H and O–H groups in total. The Morgan fingerprint density at radius 1 is 0.680 bits per heavy atom. The molecule has 4 heteroatoms. The van der Waals surface area contributed by atoms with Gasteiger partial charge in [0.05, 0.1) is 0 Å². The van der Waals surface area contributed by atoms with Gasteiger partial charge in [-0.1, -0.05) is 60.7 Å². The van der Waals surface area contributed by atoms with Crippen molar-refractivity contribution >= 4 is 6.47 Å². The summed E-state index contributed by atoms with van der Waals surface area (Å²) in [7, 11) is 0. The van der Waals surface area contributed by atoms with Crippen molar-refractivity contribution in [1.82, 2.24) is 0 Å². The van der Waals surface area contributed by atoms with Crippen molar-refractivity contribution in [3.8, 4) is 17.2 Å². The summed E-state index contributed by atoms with van der Waals surface area (Å²) < 4.78 is 16.7. The maximum atomic E-state index is 10.6. The molecular formula is C21H18O4. The van der Waals surface area contributed by atoms with Gasteiger partial charge in [0.1, 0.15) is 19.0 Å². The van der Waals surface area contributed by atoms with Crippen LogP contribution in [0.25, 0.3) is 0 Å². The van der Waals surface area contributed by atoms with E-state index in [4.69, 9.17) is 14.2 Å². The molecule has 0 saturated carbocycles. The van der Waals surface area contributed by atoms with E-state index in [1.54, 1.807) is 18.2 Å². The van der Waals surface area contributed by atoms with Gasteiger partial charge in [-0.25, -0.2) is 0 Å². The van der Waals surface area contributed by atoms with E-state index >= 15 is 0 Å². The summed E-state index contributed by atoms with van der Waals surface area (Å²) in [6, 6.07) is 24.8. The van der Waals surface area contributed by atoms with E-state index in [1.165, 1.54) is 0 Å². The Balaban J connectivity index is 1.74. The zero-order valence-electron chi connectivity index (χ0n) is 13.6. The van der Waals surface area contributed by atoms with Crippen molar-refractivity contribution in [2.75, 3.05) is 0 Å². The molecule has 0 fully saturated rings. The van der Waals surface area contributed by atoms with E-state index in [0.717, 1.165) is 11.1 Å². The minimum atomic E-state index is 0.390. The number of ether oxygens (including phenoxy) is 3. The highest BCUT2D eigenvalue weighted by Gasteiger charge is 2.09. The number of hydrogen-bond acceptors (Lipinski definition) is 4. The van der Waals surface area contributed by atoms with Crippen molar-refractivity contribution in [2.24, 2.45) is 0 Å². The molecule has 0 saturated heterocycles. The smallest absolute Gasteiger partial charge is 0.298 e. The number of carbonyl (C=O) groups is 1. The van der Waals surface area contributed by atoms with Crippen molar-refractivity contribution in [3.05, 3.63) is 90.0 Å². The van der Waals surface area contributed by atoms with Crippen LogP contribution in [0.3, 0.4) is 0 Å². The SMILES string of the molecule is O=COc1ccc(OCc2ccccc2)c(OCc2ccccc2)c1. The highest BCUT2D eigenvalue weighted by molar-refractivity contribution is 5.51. The third-order valence-electron chi connectivity index (χ3n) is 3.57. The van der Waals surface area contributed by atoms with Gasteiger partial charge in [0.2, 0.25) is 0 Å². The molecule has 0 heterocycles. The standard InChI is InChI=1S/C21H18O4/c22-16-25-19-11-12-20(23-14-17-7-3-1-4-8-17)21(13-19)24-15-18-9-5-2-6-10-18/h1-13,16H,14-15H2. The zero-order valence-corrected chi connectivity index (χ0v) is 13.6. The summed E-state index contributed by atoms with van der Waals surface area (Å²) >= 11 is 0. The molecule has 0 aromatic heterocycles. The third-order valence-corrected chi connectivity index (χ3v) is 3.57. The molecule has 0 radical (unpaired) electrons. The maximum Gasteiger partial charge on any atom is 0.298 e. The molecule has 126 valence electrons. The second-order valence-corrected chi connectivity index (χ2v) is 5.37. The largest absolute Gasteiger partial charge is 0.485 e. The van der Waals surface area contributed by atoms with Crippen molar-refractivity contribution in [3.63, 3.8) is 0 Å². The van der Waals surface area contributed by atoms with E-state index in [-0.39, 0.29) is 0 Å². The third kappa shape index (κ3) is 4.85.